The number of carbonyl (C=O) groups is 1. The average Bonchev–Trinajstić information content (AvgIpc) is 2.89. The molecule has 0 spiro atoms. The lowest BCUT2D eigenvalue weighted by molar-refractivity contribution is -0.122. The van der Waals surface area contributed by atoms with E-state index in [4.69, 9.17) is 0 Å². The summed E-state index contributed by atoms with van der Waals surface area (Å²) in [6, 6.07) is 3.93. The largest absolute Gasteiger partial charge is 0.389 e. The van der Waals surface area contributed by atoms with Gasteiger partial charge in [0.2, 0.25) is 5.91 Å². The van der Waals surface area contributed by atoms with Gasteiger partial charge in [-0.25, -0.2) is 0 Å². The normalized spacial score (nSPS) is 26.2. The lowest BCUT2D eigenvalue weighted by Crippen LogP contribution is -2.37. The summed E-state index contributed by atoms with van der Waals surface area (Å²) < 4.78 is 0. The second-order valence-corrected chi connectivity index (χ2v) is 5.61. The van der Waals surface area contributed by atoms with Crippen molar-refractivity contribution in [3.63, 3.8) is 0 Å². The van der Waals surface area contributed by atoms with Gasteiger partial charge in [0.1, 0.15) is 0 Å². The molecule has 1 aromatic rings. The van der Waals surface area contributed by atoms with Crippen molar-refractivity contribution in [1.29, 1.82) is 0 Å². The van der Waals surface area contributed by atoms with Crippen LogP contribution in [-0.4, -0.2) is 52.9 Å². The predicted octanol–water partition coefficient (Wildman–Crippen LogP) is -0.0373. The molecule has 0 saturated carbocycles. The van der Waals surface area contributed by atoms with E-state index >= 15 is 0 Å². The van der Waals surface area contributed by atoms with E-state index < -0.39 is 12.2 Å². The van der Waals surface area contributed by atoms with E-state index in [-0.39, 0.29) is 18.5 Å². The number of carbonyl (C=O) groups excluding carboxylic acids is 1. The number of β-amino-alcohol motifs (C(OH)–C–C–N with tert-alkyl or cyclic N) is 2. The second kappa shape index (κ2) is 5.79. The number of likely N-dealkylation sites (tertiary alicyclic amines) is 1. The van der Waals surface area contributed by atoms with Crippen LogP contribution in [0, 0.1) is 0 Å². The molecule has 1 fully saturated rings. The second-order valence-electron chi connectivity index (χ2n) is 4.63. The molecule has 100 valence electrons. The van der Waals surface area contributed by atoms with Gasteiger partial charge in [-0.15, -0.1) is 11.3 Å². The van der Waals surface area contributed by atoms with Crippen LogP contribution >= 0.6 is 11.3 Å². The zero-order valence-electron chi connectivity index (χ0n) is 10.2. The number of rotatable bonds is 4. The van der Waals surface area contributed by atoms with Gasteiger partial charge in [0.25, 0.3) is 0 Å². The Bertz CT molecular complexity index is 386. The first kappa shape index (κ1) is 13.5. The summed E-state index contributed by atoms with van der Waals surface area (Å²) >= 11 is 1.61. The van der Waals surface area contributed by atoms with Crippen molar-refractivity contribution in [3.8, 4) is 0 Å². The number of amides is 1. The number of hydrogen-bond acceptors (Lipinski definition) is 5. The monoisotopic (exact) mass is 270 g/mol. The summed E-state index contributed by atoms with van der Waals surface area (Å²) in [7, 11) is 0. The molecule has 0 aliphatic carbocycles. The van der Waals surface area contributed by atoms with E-state index in [1.807, 2.05) is 24.4 Å². The standard InChI is InChI=1S/C12H18N2O3S/c1-8(11-3-2-4-18-11)13-12(17)7-14-5-9(15)10(16)6-14/h2-4,8-10,15-16H,5-7H2,1H3,(H,13,17)/t8?,9-,10+. The lowest BCUT2D eigenvalue weighted by atomic mass is 10.3. The van der Waals surface area contributed by atoms with E-state index in [0.717, 1.165) is 4.88 Å². The van der Waals surface area contributed by atoms with E-state index in [9.17, 15) is 15.0 Å². The molecule has 0 bridgehead atoms. The number of nitrogens with one attached hydrogen (secondary N) is 1. The van der Waals surface area contributed by atoms with Gasteiger partial charge in [0.15, 0.2) is 0 Å². The van der Waals surface area contributed by atoms with Crippen LogP contribution in [0.1, 0.15) is 17.8 Å². The van der Waals surface area contributed by atoms with Gasteiger partial charge in [-0.2, -0.15) is 0 Å². The van der Waals surface area contributed by atoms with E-state index in [1.165, 1.54) is 0 Å². The third kappa shape index (κ3) is 3.29. The highest BCUT2D eigenvalue weighted by Crippen LogP contribution is 2.18. The minimum Gasteiger partial charge on any atom is -0.389 e. The molecule has 1 aromatic heterocycles. The summed E-state index contributed by atoms with van der Waals surface area (Å²) in [6.45, 7) is 2.85. The van der Waals surface area contributed by atoms with Crippen molar-refractivity contribution < 1.29 is 15.0 Å². The predicted molar refractivity (Wildman–Crippen MR) is 69.3 cm³/mol. The molecule has 1 aliphatic rings. The van der Waals surface area contributed by atoms with Crippen molar-refractivity contribution in [2.75, 3.05) is 19.6 Å². The first-order valence-electron chi connectivity index (χ1n) is 5.97. The molecule has 1 aliphatic heterocycles. The smallest absolute Gasteiger partial charge is 0.234 e. The zero-order valence-corrected chi connectivity index (χ0v) is 11.1. The Morgan fingerprint density at radius 1 is 1.56 bits per heavy atom. The van der Waals surface area contributed by atoms with Gasteiger partial charge in [0, 0.05) is 18.0 Å². The molecular weight excluding hydrogens is 252 g/mol. The topological polar surface area (TPSA) is 72.8 Å². The quantitative estimate of drug-likeness (QED) is 0.718. The number of nitrogens with zero attached hydrogens (tertiary/aromatic N) is 1. The van der Waals surface area contributed by atoms with E-state index in [2.05, 4.69) is 5.32 Å². The van der Waals surface area contributed by atoms with Crippen LogP contribution in [-0.2, 0) is 4.79 Å². The fourth-order valence-corrected chi connectivity index (χ4v) is 2.81. The molecule has 0 aromatic carbocycles. The Labute approximate surface area is 110 Å². The molecule has 0 radical (unpaired) electrons. The summed E-state index contributed by atoms with van der Waals surface area (Å²) in [4.78, 5) is 14.7. The van der Waals surface area contributed by atoms with Crippen molar-refractivity contribution in [2.24, 2.45) is 0 Å². The minimum atomic E-state index is -0.743. The maximum atomic E-state index is 11.8. The molecule has 3 N–H and O–H groups in total. The van der Waals surface area contributed by atoms with Crippen LogP contribution in [0.2, 0.25) is 0 Å². The van der Waals surface area contributed by atoms with Gasteiger partial charge in [-0.05, 0) is 18.4 Å². The maximum Gasteiger partial charge on any atom is 0.234 e. The molecule has 3 atom stereocenters. The molecule has 1 saturated heterocycles. The zero-order chi connectivity index (χ0) is 13.1. The van der Waals surface area contributed by atoms with Crippen molar-refractivity contribution in [1.82, 2.24) is 10.2 Å². The molecule has 2 heterocycles. The van der Waals surface area contributed by atoms with E-state index in [1.54, 1.807) is 16.2 Å². The highest BCUT2D eigenvalue weighted by Gasteiger charge is 2.30. The minimum absolute atomic E-state index is 0.00468. The molecule has 1 amide bonds. The van der Waals surface area contributed by atoms with Gasteiger partial charge in [-0.1, -0.05) is 6.07 Å². The fraction of sp³-hybridized carbons (Fsp3) is 0.583. The maximum absolute atomic E-state index is 11.8. The van der Waals surface area contributed by atoms with Crippen LogP contribution in [0.4, 0.5) is 0 Å². The number of thiophene rings is 1. The highest BCUT2D eigenvalue weighted by molar-refractivity contribution is 7.10. The fourth-order valence-electron chi connectivity index (χ4n) is 2.08. The van der Waals surface area contributed by atoms with Crippen molar-refractivity contribution >= 4 is 17.2 Å². The Morgan fingerprint density at radius 3 is 2.78 bits per heavy atom. The molecule has 6 heteroatoms. The van der Waals surface area contributed by atoms with Crippen LogP contribution in [0.15, 0.2) is 17.5 Å². The van der Waals surface area contributed by atoms with Gasteiger partial charge < -0.3 is 15.5 Å². The van der Waals surface area contributed by atoms with Crippen LogP contribution < -0.4 is 5.32 Å². The van der Waals surface area contributed by atoms with Crippen LogP contribution in [0.25, 0.3) is 0 Å². The molecule has 2 rings (SSSR count). The Kier molecular flexibility index (Phi) is 4.34. The van der Waals surface area contributed by atoms with Crippen LogP contribution in [0.5, 0.6) is 0 Å². The number of hydrogen-bond donors (Lipinski definition) is 3. The average molecular weight is 270 g/mol. The lowest BCUT2D eigenvalue weighted by Gasteiger charge is -2.17. The van der Waals surface area contributed by atoms with Gasteiger partial charge in [0.05, 0.1) is 24.8 Å². The molecule has 18 heavy (non-hydrogen) atoms. The van der Waals surface area contributed by atoms with Crippen molar-refractivity contribution in [3.05, 3.63) is 22.4 Å². The summed E-state index contributed by atoms with van der Waals surface area (Å²) in [5.74, 6) is -0.0859. The molecular formula is C12H18N2O3S. The first-order valence-corrected chi connectivity index (χ1v) is 6.85. The summed E-state index contributed by atoms with van der Waals surface area (Å²) in [6.07, 6.45) is -1.49. The van der Waals surface area contributed by atoms with E-state index in [0.29, 0.717) is 13.1 Å². The Balaban J connectivity index is 1.79. The third-order valence-electron chi connectivity index (χ3n) is 3.05. The highest BCUT2D eigenvalue weighted by atomic mass is 32.1. The Hall–Kier alpha value is -0.950. The van der Waals surface area contributed by atoms with Crippen molar-refractivity contribution in [2.45, 2.75) is 25.2 Å². The number of aliphatic hydroxyl groups is 2. The SMILES string of the molecule is CC(NC(=O)CN1C[C@@H](O)[C@@H](O)C1)c1cccs1. The Morgan fingerprint density at radius 2 is 2.22 bits per heavy atom. The summed E-state index contributed by atoms with van der Waals surface area (Å²) in [5.41, 5.74) is 0. The molecule has 1 unspecified atom stereocenters. The molecule has 5 nitrogen and oxygen atoms in total. The van der Waals surface area contributed by atoms with Gasteiger partial charge in [-0.3, -0.25) is 9.69 Å². The number of aliphatic hydroxyl groups excluding tert-OH is 2. The third-order valence-corrected chi connectivity index (χ3v) is 4.10. The summed E-state index contributed by atoms with van der Waals surface area (Å²) in [5, 5.41) is 23.7. The van der Waals surface area contributed by atoms with Gasteiger partial charge >= 0.3 is 0 Å². The van der Waals surface area contributed by atoms with Crippen LogP contribution in [0.3, 0.4) is 0 Å². The first-order chi connectivity index (χ1) is 8.56.